The van der Waals surface area contributed by atoms with Gasteiger partial charge in [-0.25, -0.2) is 0 Å². The Morgan fingerprint density at radius 2 is 1.70 bits per heavy atom. The number of thiocarbonyl (C=S) groups is 1. The van der Waals surface area contributed by atoms with E-state index in [1.165, 1.54) is 6.42 Å². The first-order valence-corrected chi connectivity index (χ1v) is 12.1. The molecular formula is C24H34N6O2S. The Balaban J connectivity index is 1.48. The first-order chi connectivity index (χ1) is 16.0. The lowest BCUT2D eigenvalue weighted by Gasteiger charge is -2.36. The molecule has 0 aliphatic carbocycles. The predicted octanol–water partition coefficient (Wildman–Crippen LogP) is 3.29. The van der Waals surface area contributed by atoms with E-state index in [0.29, 0.717) is 42.7 Å². The molecule has 1 aromatic heterocycles. The molecule has 3 heterocycles. The molecule has 0 amide bonds. The van der Waals surface area contributed by atoms with E-state index in [0.717, 1.165) is 49.1 Å². The molecule has 33 heavy (non-hydrogen) atoms. The summed E-state index contributed by atoms with van der Waals surface area (Å²) < 4.78 is 10.7. The molecule has 2 aliphatic rings. The third kappa shape index (κ3) is 6.45. The maximum absolute atomic E-state index is 5.55. The minimum absolute atomic E-state index is 0.497. The van der Waals surface area contributed by atoms with E-state index in [1.807, 2.05) is 24.3 Å². The van der Waals surface area contributed by atoms with Gasteiger partial charge in [0, 0.05) is 38.8 Å². The summed E-state index contributed by atoms with van der Waals surface area (Å²) in [6, 6.07) is 10.0. The average Bonchev–Trinajstić information content (AvgIpc) is 2.83. The number of hydrogen-bond donors (Lipinski definition) is 2. The number of anilines is 3. The fourth-order valence-corrected chi connectivity index (χ4v) is 4.68. The Labute approximate surface area is 201 Å². The molecule has 0 unspecified atom stereocenters. The van der Waals surface area contributed by atoms with Crippen LogP contribution in [0, 0.1) is 11.8 Å². The smallest absolute Gasteiger partial charge is 0.232 e. The van der Waals surface area contributed by atoms with E-state index in [-0.39, 0.29) is 0 Å². The number of ether oxygens (including phenoxy) is 2. The molecule has 178 valence electrons. The summed E-state index contributed by atoms with van der Waals surface area (Å²) >= 11 is 5.55. The van der Waals surface area contributed by atoms with Crippen LogP contribution in [0.5, 0.6) is 5.75 Å². The number of rotatable bonds is 6. The second-order valence-corrected chi connectivity index (χ2v) is 9.42. The molecule has 0 spiro atoms. The molecule has 2 saturated heterocycles. The SMILES string of the molecule is COc1ccc(CNC(=S)Nc2nc(N3CCOCC3)cc(N3C[C@H](C)C[C@H](C)C3)n2)cc1. The largest absolute Gasteiger partial charge is 0.497 e. The molecule has 1 aromatic carbocycles. The van der Waals surface area contributed by atoms with Crippen molar-refractivity contribution in [3.63, 3.8) is 0 Å². The van der Waals surface area contributed by atoms with Crippen LogP contribution in [0.2, 0.25) is 0 Å². The van der Waals surface area contributed by atoms with E-state index in [2.05, 4.69) is 40.3 Å². The third-order valence-electron chi connectivity index (χ3n) is 6.06. The molecule has 9 heteroatoms. The standard InChI is InChI=1S/C24H34N6O2S/c1-17-12-18(2)16-30(15-17)22-13-21(29-8-10-32-11-9-29)26-23(27-22)28-24(33)25-14-19-4-6-20(31-3)7-5-19/h4-7,13,17-18H,8-12,14-16H2,1-3H3,(H2,25,26,27,28,33)/t17-,18+. The normalized spacial score (nSPS) is 20.9. The van der Waals surface area contributed by atoms with Crippen molar-refractivity contribution in [3.05, 3.63) is 35.9 Å². The van der Waals surface area contributed by atoms with Crippen LogP contribution in [0.4, 0.5) is 17.6 Å². The van der Waals surface area contributed by atoms with E-state index in [9.17, 15) is 0 Å². The zero-order chi connectivity index (χ0) is 23.2. The Morgan fingerprint density at radius 3 is 2.33 bits per heavy atom. The second-order valence-electron chi connectivity index (χ2n) is 9.01. The van der Waals surface area contributed by atoms with Crippen molar-refractivity contribution in [2.45, 2.75) is 26.8 Å². The van der Waals surface area contributed by atoms with Crippen molar-refractivity contribution in [3.8, 4) is 5.75 Å². The minimum Gasteiger partial charge on any atom is -0.497 e. The van der Waals surface area contributed by atoms with Crippen LogP contribution in [0.25, 0.3) is 0 Å². The molecule has 8 nitrogen and oxygen atoms in total. The summed E-state index contributed by atoms with van der Waals surface area (Å²) in [5.41, 5.74) is 1.11. The van der Waals surface area contributed by atoms with E-state index in [4.69, 9.17) is 31.7 Å². The first-order valence-electron chi connectivity index (χ1n) is 11.6. The van der Waals surface area contributed by atoms with Gasteiger partial charge in [-0.2, -0.15) is 9.97 Å². The first kappa shape index (κ1) is 23.5. The molecule has 0 bridgehead atoms. The maximum atomic E-state index is 5.55. The van der Waals surface area contributed by atoms with Gasteiger partial charge in [-0.05, 0) is 48.2 Å². The fraction of sp³-hybridized carbons (Fsp3) is 0.542. The van der Waals surface area contributed by atoms with Crippen molar-refractivity contribution >= 4 is 34.9 Å². The molecule has 2 fully saturated rings. The van der Waals surface area contributed by atoms with Gasteiger partial charge >= 0.3 is 0 Å². The average molecular weight is 471 g/mol. The Kier molecular flexibility index (Phi) is 7.82. The monoisotopic (exact) mass is 470 g/mol. The molecule has 2 atom stereocenters. The van der Waals surface area contributed by atoms with Crippen molar-refractivity contribution in [2.24, 2.45) is 11.8 Å². The lowest BCUT2D eigenvalue weighted by Crippen LogP contribution is -2.40. The van der Waals surface area contributed by atoms with Crippen molar-refractivity contribution in [1.82, 2.24) is 15.3 Å². The second kappa shape index (κ2) is 11.0. The van der Waals surface area contributed by atoms with Crippen LogP contribution in [-0.2, 0) is 11.3 Å². The zero-order valence-corrected chi connectivity index (χ0v) is 20.5. The number of piperidine rings is 1. The van der Waals surface area contributed by atoms with Gasteiger partial charge in [0.2, 0.25) is 5.95 Å². The lowest BCUT2D eigenvalue weighted by atomic mass is 9.92. The Morgan fingerprint density at radius 1 is 1.06 bits per heavy atom. The topological polar surface area (TPSA) is 74.8 Å². The highest BCUT2D eigenvalue weighted by atomic mass is 32.1. The van der Waals surface area contributed by atoms with Crippen LogP contribution in [0.15, 0.2) is 30.3 Å². The van der Waals surface area contributed by atoms with Gasteiger partial charge in [-0.3, -0.25) is 0 Å². The molecule has 2 aliphatic heterocycles. The number of hydrogen-bond acceptors (Lipinski definition) is 7. The molecule has 0 radical (unpaired) electrons. The van der Waals surface area contributed by atoms with Gasteiger partial charge in [-0.1, -0.05) is 26.0 Å². The van der Waals surface area contributed by atoms with Crippen LogP contribution in [0.3, 0.4) is 0 Å². The van der Waals surface area contributed by atoms with E-state index in [1.54, 1.807) is 7.11 Å². The predicted molar refractivity (Wildman–Crippen MR) is 136 cm³/mol. The summed E-state index contributed by atoms with van der Waals surface area (Å²) in [7, 11) is 1.66. The van der Waals surface area contributed by atoms with Crippen molar-refractivity contribution in [2.75, 3.05) is 61.6 Å². The highest BCUT2D eigenvalue weighted by Gasteiger charge is 2.25. The van der Waals surface area contributed by atoms with Crippen molar-refractivity contribution in [1.29, 1.82) is 0 Å². The summed E-state index contributed by atoms with van der Waals surface area (Å²) in [6.07, 6.45) is 1.25. The van der Waals surface area contributed by atoms with Gasteiger partial charge in [0.05, 0.1) is 20.3 Å². The third-order valence-corrected chi connectivity index (χ3v) is 6.31. The molecule has 0 saturated carbocycles. The van der Waals surface area contributed by atoms with Gasteiger partial charge in [0.15, 0.2) is 5.11 Å². The molecule has 4 rings (SSSR count). The van der Waals surface area contributed by atoms with Gasteiger partial charge in [0.25, 0.3) is 0 Å². The van der Waals surface area contributed by atoms with Gasteiger partial charge in [0.1, 0.15) is 17.4 Å². The molecule has 2 N–H and O–H groups in total. The van der Waals surface area contributed by atoms with Crippen LogP contribution in [-0.4, -0.2) is 61.6 Å². The summed E-state index contributed by atoms with van der Waals surface area (Å²) in [6.45, 7) is 10.3. The van der Waals surface area contributed by atoms with Crippen LogP contribution in [0.1, 0.15) is 25.8 Å². The number of morpholine rings is 1. The van der Waals surface area contributed by atoms with E-state index < -0.39 is 0 Å². The van der Waals surface area contributed by atoms with Gasteiger partial charge < -0.3 is 29.9 Å². The Hall–Kier alpha value is -2.65. The number of benzene rings is 1. The number of nitrogens with zero attached hydrogens (tertiary/aromatic N) is 4. The lowest BCUT2D eigenvalue weighted by molar-refractivity contribution is 0.122. The summed E-state index contributed by atoms with van der Waals surface area (Å²) in [5.74, 6) is 4.49. The van der Waals surface area contributed by atoms with Crippen molar-refractivity contribution < 1.29 is 9.47 Å². The van der Waals surface area contributed by atoms with Crippen LogP contribution < -0.4 is 25.2 Å². The fourth-order valence-electron chi connectivity index (χ4n) is 4.52. The number of nitrogens with one attached hydrogen (secondary N) is 2. The number of methoxy groups -OCH3 is 1. The minimum atomic E-state index is 0.497. The quantitative estimate of drug-likeness (QED) is 0.619. The summed E-state index contributed by atoms with van der Waals surface area (Å²) in [4.78, 5) is 14.3. The van der Waals surface area contributed by atoms with Crippen LogP contribution >= 0.6 is 12.2 Å². The highest BCUT2D eigenvalue weighted by Crippen LogP contribution is 2.28. The Bertz CT molecular complexity index is 925. The molecule has 2 aromatic rings. The van der Waals surface area contributed by atoms with Gasteiger partial charge in [-0.15, -0.1) is 0 Å². The zero-order valence-electron chi connectivity index (χ0n) is 19.7. The maximum Gasteiger partial charge on any atom is 0.232 e. The summed E-state index contributed by atoms with van der Waals surface area (Å²) in [5, 5.41) is 6.95. The van der Waals surface area contributed by atoms with E-state index >= 15 is 0 Å². The highest BCUT2D eigenvalue weighted by molar-refractivity contribution is 7.80. The molecular weight excluding hydrogens is 436 g/mol. The number of aromatic nitrogens is 2.